The molecule has 0 spiro atoms. The molecule has 0 amide bonds. The number of aliphatic carboxylic acids is 1. The maximum atomic E-state index is 13.5. The van der Waals surface area contributed by atoms with E-state index in [0.717, 1.165) is 6.07 Å². The molecule has 0 aliphatic heterocycles. The predicted molar refractivity (Wildman–Crippen MR) is 78.4 cm³/mol. The number of rotatable bonds is 5. The van der Waals surface area contributed by atoms with Crippen molar-refractivity contribution in [2.75, 3.05) is 12.4 Å². The SMILES string of the molecule is COc1ccccc1NC(C(=O)O)c1ccc(Cl)c(F)c1. The Morgan fingerprint density at radius 3 is 2.67 bits per heavy atom. The van der Waals surface area contributed by atoms with Gasteiger partial charge in [0.05, 0.1) is 17.8 Å². The van der Waals surface area contributed by atoms with Crippen molar-refractivity contribution >= 4 is 23.3 Å². The second-order valence-electron chi connectivity index (χ2n) is 4.29. The first-order valence-electron chi connectivity index (χ1n) is 6.10. The Balaban J connectivity index is 2.35. The van der Waals surface area contributed by atoms with Gasteiger partial charge in [0, 0.05) is 0 Å². The number of anilines is 1. The molecule has 0 radical (unpaired) electrons. The van der Waals surface area contributed by atoms with E-state index in [-0.39, 0.29) is 10.6 Å². The summed E-state index contributed by atoms with van der Waals surface area (Å²) < 4.78 is 18.7. The van der Waals surface area contributed by atoms with Crippen LogP contribution in [-0.2, 0) is 4.79 Å². The topological polar surface area (TPSA) is 58.6 Å². The minimum atomic E-state index is -1.14. The van der Waals surface area contributed by atoms with Gasteiger partial charge in [-0.2, -0.15) is 0 Å². The quantitative estimate of drug-likeness (QED) is 0.883. The number of nitrogens with one attached hydrogen (secondary N) is 1. The van der Waals surface area contributed by atoms with Crippen molar-refractivity contribution in [1.82, 2.24) is 0 Å². The molecule has 0 saturated heterocycles. The van der Waals surface area contributed by atoms with E-state index in [4.69, 9.17) is 16.3 Å². The van der Waals surface area contributed by atoms with E-state index in [0.29, 0.717) is 11.4 Å². The lowest BCUT2D eigenvalue weighted by Gasteiger charge is -2.18. The Hall–Kier alpha value is -2.27. The third-order valence-corrected chi connectivity index (χ3v) is 3.24. The first-order chi connectivity index (χ1) is 10.0. The molecular weight excluding hydrogens is 297 g/mol. The average Bonchev–Trinajstić information content (AvgIpc) is 2.48. The molecule has 4 nitrogen and oxygen atoms in total. The largest absolute Gasteiger partial charge is 0.495 e. The molecular formula is C15H13ClFNO3. The number of hydrogen-bond donors (Lipinski definition) is 2. The van der Waals surface area contributed by atoms with Crippen LogP contribution in [0.4, 0.5) is 10.1 Å². The first-order valence-corrected chi connectivity index (χ1v) is 6.48. The third kappa shape index (κ3) is 3.44. The predicted octanol–water partition coefficient (Wildman–Crippen LogP) is 3.73. The Bertz CT molecular complexity index is 663. The molecule has 110 valence electrons. The number of carboxylic acid groups (broad SMARTS) is 1. The van der Waals surface area contributed by atoms with Gasteiger partial charge < -0.3 is 15.2 Å². The van der Waals surface area contributed by atoms with Crippen LogP contribution >= 0.6 is 11.6 Å². The molecule has 0 heterocycles. The van der Waals surface area contributed by atoms with E-state index in [1.807, 2.05) is 0 Å². The van der Waals surface area contributed by atoms with Gasteiger partial charge in [-0.25, -0.2) is 9.18 Å². The Morgan fingerprint density at radius 2 is 2.05 bits per heavy atom. The smallest absolute Gasteiger partial charge is 0.330 e. The normalized spacial score (nSPS) is 11.8. The van der Waals surface area contributed by atoms with Gasteiger partial charge in [0.15, 0.2) is 6.04 Å². The number of para-hydroxylation sites is 2. The fraction of sp³-hybridized carbons (Fsp3) is 0.133. The highest BCUT2D eigenvalue weighted by molar-refractivity contribution is 6.30. The molecule has 21 heavy (non-hydrogen) atoms. The molecule has 0 bridgehead atoms. The van der Waals surface area contributed by atoms with Crippen LogP contribution in [0.15, 0.2) is 42.5 Å². The summed E-state index contributed by atoms with van der Waals surface area (Å²) in [5.74, 6) is -1.30. The van der Waals surface area contributed by atoms with Crippen molar-refractivity contribution < 1.29 is 19.0 Å². The van der Waals surface area contributed by atoms with Crippen molar-refractivity contribution in [3.05, 3.63) is 58.9 Å². The zero-order valence-corrected chi connectivity index (χ0v) is 11.9. The zero-order valence-electron chi connectivity index (χ0n) is 11.1. The Labute approximate surface area is 126 Å². The van der Waals surface area contributed by atoms with Crippen molar-refractivity contribution in [3.8, 4) is 5.75 Å². The molecule has 0 aliphatic carbocycles. The van der Waals surface area contributed by atoms with Gasteiger partial charge in [0.2, 0.25) is 0 Å². The number of carboxylic acids is 1. The Kier molecular flexibility index (Phi) is 4.65. The fourth-order valence-electron chi connectivity index (χ4n) is 1.90. The van der Waals surface area contributed by atoms with Crippen LogP contribution < -0.4 is 10.1 Å². The number of ether oxygens (including phenoxy) is 1. The lowest BCUT2D eigenvalue weighted by Crippen LogP contribution is -2.21. The summed E-state index contributed by atoms with van der Waals surface area (Å²) in [6.45, 7) is 0. The summed E-state index contributed by atoms with van der Waals surface area (Å²) in [7, 11) is 1.48. The van der Waals surface area contributed by atoms with Crippen LogP contribution in [0.25, 0.3) is 0 Å². The van der Waals surface area contributed by atoms with Crippen LogP contribution in [0.1, 0.15) is 11.6 Å². The number of halogens is 2. The number of methoxy groups -OCH3 is 1. The van der Waals surface area contributed by atoms with E-state index in [1.54, 1.807) is 24.3 Å². The van der Waals surface area contributed by atoms with E-state index >= 15 is 0 Å². The second kappa shape index (κ2) is 6.45. The molecule has 1 atom stereocenters. The summed E-state index contributed by atoms with van der Waals surface area (Å²) in [6.07, 6.45) is 0. The van der Waals surface area contributed by atoms with Gasteiger partial charge in [-0.3, -0.25) is 0 Å². The molecule has 2 aromatic carbocycles. The van der Waals surface area contributed by atoms with Crippen LogP contribution in [0.2, 0.25) is 5.02 Å². The molecule has 2 rings (SSSR count). The lowest BCUT2D eigenvalue weighted by atomic mass is 10.1. The monoisotopic (exact) mass is 309 g/mol. The minimum absolute atomic E-state index is 0.0554. The van der Waals surface area contributed by atoms with Crippen LogP contribution in [0, 0.1) is 5.82 Å². The summed E-state index contributed by atoms with van der Waals surface area (Å²) in [5.41, 5.74) is 0.762. The third-order valence-electron chi connectivity index (χ3n) is 2.93. The molecule has 0 saturated carbocycles. The fourth-order valence-corrected chi connectivity index (χ4v) is 2.02. The van der Waals surface area contributed by atoms with E-state index in [2.05, 4.69) is 5.32 Å². The van der Waals surface area contributed by atoms with Gasteiger partial charge in [-0.15, -0.1) is 0 Å². The highest BCUT2D eigenvalue weighted by Gasteiger charge is 2.22. The van der Waals surface area contributed by atoms with Crippen LogP contribution in [0.5, 0.6) is 5.75 Å². The van der Waals surface area contributed by atoms with E-state index < -0.39 is 17.8 Å². The van der Waals surface area contributed by atoms with Gasteiger partial charge in [0.1, 0.15) is 11.6 Å². The highest BCUT2D eigenvalue weighted by Crippen LogP contribution is 2.29. The van der Waals surface area contributed by atoms with Crippen molar-refractivity contribution in [1.29, 1.82) is 0 Å². The standard InChI is InChI=1S/C15H13ClFNO3/c1-21-13-5-3-2-4-12(13)18-14(15(19)20)9-6-7-10(16)11(17)8-9/h2-8,14,18H,1H3,(H,19,20). The number of benzene rings is 2. The minimum Gasteiger partial charge on any atom is -0.495 e. The molecule has 2 N–H and O–H groups in total. The van der Waals surface area contributed by atoms with Gasteiger partial charge in [-0.05, 0) is 29.8 Å². The average molecular weight is 310 g/mol. The van der Waals surface area contributed by atoms with Gasteiger partial charge >= 0.3 is 5.97 Å². The summed E-state index contributed by atoms with van der Waals surface area (Å²) in [4.78, 5) is 11.4. The van der Waals surface area contributed by atoms with E-state index in [9.17, 15) is 14.3 Å². The van der Waals surface area contributed by atoms with Crippen molar-refractivity contribution in [2.45, 2.75) is 6.04 Å². The Morgan fingerprint density at radius 1 is 1.33 bits per heavy atom. The number of hydrogen-bond acceptors (Lipinski definition) is 3. The first kappa shape index (κ1) is 15.1. The van der Waals surface area contributed by atoms with Crippen LogP contribution in [0.3, 0.4) is 0 Å². The lowest BCUT2D eigenvalue weighted by molar-refractivity contribution is -0.138. The zero-order chi connectivity index (χ0) is 15.4. The van der Waals surface area contributed by atoms with E-state index in [1.165, 1.54) is 19.2 Å². The molecule has 2 aromatic rings. The molecule has 0 aromatic heterocycles. The highest BCUT2D eigenvalue weighted by atomic mass is 35.5. The van der Waals surface area contributed by atoms with Gasteiger partial charge in [0.25, 0.3) is 0 Å². The van der Waals surface area contributed by atoms with Gasteiger partial charge in [-0.1, -0.05) is 29.8 Å². The van der Waals surface area contributed by atoms with Crippen molar-refractivity contribution in [2.24, 2.45) is 0 Å². The molecule has 0 aliphatic rings. The van der Waals surface area contributed by atoms with Crippen molar-refractivity contribution in [3.63, 3.8) is 0 Å². The van der Waals surface area contributed by atoms with Crippen LogP contribution in [-0.4, -0.2) is 18.2 Å². The molecule has 6 heteroatoms. The second-order valence-corrected chi connectivity index (χ2v) is 4.70. The summed E-state index contributed by atoms with van der Waals surface area (Å²) >= 11 is 5.61. The molecule has 0 fully saturated rings. The summed E-state index contributed by atoms with van der Waals surface area (Å²) in [6, 6.07) is 9.66. The maximum absolute atomic E-state index is 13.5. The molecule has 1 unspecified atom stereocenters. The maximum Gasteiger partial charge on any atom is 0.330 e. The summed E-state index contributed by atoms with van der Waals surface area (Å²) in [5, 5.41) is 12.1. The number of carbonyl (C=O) groups is 1.